The van der Waals surface area contributed by atoms with E-state index in [0.717, 1.165) is 12.0 Å². The molecule has 0 radical (unpaired) electrons. The van der Waals surface area contributed by atoms with Crippen molar-refractivity contribution in [2.24, 2.45) is 5.92 Å². The third kappa shape index (κ3) is 4.21. The molecule has 0 aliphatic heterocycles. The Bertz CT molecular complexity index is 593. The van der Waals surface area contributed by atoms with Crippen LogP contribution in [0.3, 0.4) is 0 Å². The van der Waals surface area contributed by atoms with Gasteiger partial charge in [-0.05, 0) is 12.0 Å². The Hall–Kier alpha value is -2.05. The Morgan fingerprint density at radius 3 is 2.57 bits per heavy atom. The van der Waals surface area contributed by atoms with E-state index in [1.807, 2.05) is 30.3 Å². The maximum absolute atomic E-state index is 9.49. The Balaban J connectivity index is 2.00. The van der Waals surface area contributed by atoms with E-state index in [-0.39, 0.29) is 29.3 Å². The second-order valence-electron chi connectivity index (χ2n) is 4.75. The molecular formula is C14H18ClN5O. The fourth-order valence-electron chi connectivity index (χ4n) is 1.98. The number of hydrogen-bond donors (Lipinski definition) is 4. The number of rotatable bonds is 6. The number of hydrogen-bond acceptors (Lipinski definition) is 6. The molecule has 0 amide bonds. The first-order chi connectivity index (χ1) is 10.1. The number of nitrogen functional groups attached to an aromatic ring is 2. The number of nitrogens with one attached hydrogen (secondary N) is 1. The number of aromatic nitrogens is 2. The van der Waals surface area contributed by atoms with Crippen LogP contribution in [-0.4, -0.2) is 28.2 Å². The third-order valence-corrected chi connectivity index (χ3v) is 3.39. The molecule has 0 fully saturated rings. The zero-order chi connectivity index (χ0) is 15.2. The molecule has 112 valence electrons. The summed E-state index contributed by atoms with van der Waals surface area (Å²) in [5.74, 6) is 0.473. The van der Waals surface area contributed by atoms with Gasteiger partial charge in [0.1, 0.15) is 5.69 Å². The van der Waals surface area contributed by atoms with Crippen LogP contribution in [0.4, 0.5) is 17.5 Å². The summed E-state index contributed by atoms with van der Waals surface area (Å²) in [6.07, 6.45) is 0.749. The van der Waals surface area contributed by atoms with Gasteiger partial charge in [-0.15, -0.1) is 0 Å². The molecule has 1 atom stereocenters. The van der Waals surface area contributed by atoms with Crippen LogP contribution in [0.1, 0.15) is 5.56 Å². The van der Waals surface area contributed by atoms with E-state index in [0.29, 0.717) is 12.4 Å². The number of aliphatic hydroxyl groups excluding tert-OH is 1. The summed E-state index contributed by atoms with van der Waals surface area (Å²) in [5, 5.41) is 12.7. The molecular weight excluding hydrogens is 290 g/mol. The quantitative estimate of drug-likeness (QED) is 0.603. The minimum atomic E-state index is 0.0294. The molecule has 1 aromatic carbocycles. The average Bonchev–Trinajstić information content (AvgIpc) is 2.49. The third-order valence-electron chi connectivity index (χ3n) is 3.10. The average molecular weight is 308 g/mol. The molecule has 0 aliphatic rings. The van der Waals surface area contributed by atoms with Crippen LogP contribution in [0.15, 0.2) is 30.3 Å². The van der Waals surface area contributed by atoms with Crippen LogP contribution < -0.4 is 16.8 Å². The van der Waals surface area contributed by atoms with Crippen molar-refractivity contribution < 1.29 is 5.11 Å². The molecule has 0 saturated heterocycles. The van der Waals surface area contributed by atoms with Crippen molar-refractivity contribution in [1.29, 1.82) is 0 Å². The maximum Gasteiger partial charge on any atom is 0.223 e. The van der Waals surface area contributed by atoms with Gasteiger partial charge >= 0.3 is 0 Å². The van der Waals surface area contributed by atoms with Gasteiger partial charge in [0.05, 0.1) is 0 Å². The summed E-state index contributed by atoms with van der Waals surface area (Å²) in [5.41, 5.74) is 12.7. The molecule has 0 aliphatic carbocycles. The molecule has 0 spiro atoms. The second kappa shape index (κ2) is 7.10. The summed E-state index contributed by atoms with van der Waals surface area (Å²) in [6.45, 7) is 0.554. The first kappa shape index (κ1) is 15.3. The monoisotopic (exact) mass is 307 g/mol. The van der Waals surface area contributed by atoms with E-state index in [1.54, 1.807) is 0 Å². The van der Waals surface area contributed by atoms with Crippen molar-refractivity contribution >= 4 is 29.1 Å². The molecule has 2 rings (SSSR count). The molecule has 1 aromatic heterocycles. The Morgan fingerprint density at radius 1 is 1.19 bits per heavy atom. The highest BCUT2D eigenvalue weighted by Gasteiger charge is 2.12. The van der Waals surface area contributed by atoms with Crippen molar-refractivity contribution in [3.05, 3.63) is 41.0 Å². The van der Waals surface area contributed by atoms with E-state index in [4.69, 9.17) is 23.1 Å². The van der Waals surface area contributed by atoms with E-state index in [2.05, 4.69) is 15.3 Å². The SMILES string of the molecule is Nc1nc(Cl)c(N)c(NCC(CO)Cc2ccccc2)n1. The molecule has 1 unspecified atom stereocenters. The number of benzene rings is 1. The van der Waals surface area contributed by atoms with Crippen molar-refractivity contribution in [2.45, 2.75) is 6.42 Å². The van der Waals surface area contributed by atoms with Crippen molar-refractivity contribution in [1.82, 2.24) is 9.97 Å². The molecule has 7 heteroatoms. The number of nitrogens with zero attached hydrogens (tertiary/aromatic N) is 2. The minimum Gasteiger partial charge on any atom is -0.396 e. The van der Waals surface area contributed by atoms with Crippen molar-refractivity contribution in [2.75, 3.05) is 29.9 Å². The largest absolute Gasteiger partial charge is 0.396 e. The van der Waals surface area contributed by atoms with E-state index in [9.17, 15) is 5.11 Å². The van der Waals surface area contributed by atoms with Crippen LogP contribution in [0, 0.1) is 5.92 Å². The highest BCUT2D eigenvalue weighted by Crippen LogP contribution is 2.24. The van der Waals surface area contributed by atoms with Gasteiger partial charge in [0, 0.05) is 19.1 Å². The minimum absolute atomic E-state index is 0.0294. The highest BCUT2D eigenvalue weighted by atomic mass is 35.5. The number of aliphatic hydroxyl groups is 1. The van der Waals surface area contributed by atoms with E-state index >= 15 is 0 Å². The van der Waals surface area contributed by atoms with Crippen LogP contribution in [-0.2, 0) is 6.42 Å². The lowest BCUT2D eigenvalue weighted by Crippen LogP contribution is -2.21. The lowest BCUT2D eigenvalue weighted by Gasteiger charge is -2.16. The highest BCUT2D eigenvalue weighted by molar-refractivity contribution is 6.32. The van der Waals surface area contributed by atoms with Gasteiger partial charge in [-0.2, -0.15) is 9.97 Å². The summed E-state index contributed by atoms with van der Waals surface area (Å²) >= 11 is 5.85. The molecule has 6 nitrogen and oxygen atoms in total. The summed E-state index contributed by atoms with van der Waals surface area (Å²) in [7, 11) is 0. The number of nitrogens with two attached hydrogens (primary N) is 2. The van der Waals surface area contributed by atoms with Crippen LogP contribution in [0.25, 0.3) is 0 Å². The first-order valence-electron chi connectivity index (χ1n) is 6.57. The predicted octanol–water partition coefficient (Wildman–Crippen LogP) is 1.56. The Kier molecular flexibility index (Phi) is 5.19. The van der Waals surface area contributed by atoms with Crippen LogP contribution >= 0.6 is 11.6 Å². The van der Waals surface area contributed by atoms with E-state index in [1.165, 1.54) is 0 Å². The van der Waals surface area contributed by atoms with Gasteiger partial charge in [0.15, 0.2) is 11.0 Å². The second-order valence-corrected chi connectivity index (χ2v) is 5.11. The lowest BCUT2D eigenvalue weighted by molar-refractivity contribution is 0.232. The number of anilines is 3. The summed E-state index contributed by atoms with van der Waals surface area (Å²) in [6, 6.07) is 9.95. The van der Waals surface area contributed by atoms with Crippen molar-refractivity contribution in [3.63, 3.8) is 0 Å². The Labute approximate surface area is 128 Å². The Morgan fingerprint density at radius 2 is 1.90 bits per heavy atom. The molecule has 2 aromatic rings. The van der Waals surface area contributed by atoms with Crippen molar-refractivity contribution in [3.8, 4) is 0 Å². The van der Waals surface area contributed by atoms with Crippen LogP contribution in [0.5, 0.6) is 0 Å². The summed E-state index contributed by atoms with van der Waals surface area (Å²) in [4.78, 5) is 7.78. The zero-order valence-electron chi connectivity index (χ0n) is 11.5. The molecule has 1 heterocycles. The van der Waals surface area contributed by atoms with Gasteiger partial charge in [-0.25, -0.2) is 0 Å². The predicted molar refractivity (Wildman–Crippen MR) is 85.1 cm³/mol. The molecule has 0 bridgehead atoms. The number of halogens is 1. The topological polar surface area (TPSA) is 110 Å². The smallest absolute Gasteiger partial charge is 0.223 e. The zero-order valence-corrected chi connectivity index (χ0v) is 12.2. The van der Waals surface area contributed by atoms with Gasteiger partial charge in [-0.1, -0.05) is 41.9 Å². The van der Waals surface area contributed by atoms with Gasteiger partial charge in [-0.3, -0.25) is 0 Å². The van der Waals surface area contributed by atoms with Gasteiger partial charge in [0.25, 0.3) is 0 Å². The lowest BCUT2D eigenvalue weighted by atomic mass is 10.00. The summed E-state index contributed by atoms with van der Waals surface area (Å²) < 4.78 is 0. The molecule has 21 heavy (non-hydrogen) atoms. The van der Waals surface area contributed by atoms with Crippen LogP contribution in [0.2, 0.25) is 5.15 Å². The standard InChI is InChI=1S/C14H18ClN5O/c15-12-11(16)13(20-14(17)19-12)18-7-10(8-21)6-9-4-2-1-3-5-9/h1-5,10,21H,6-8,16H2,(H3,17,18,19,20). The normalized spacial score (nSPS) is 12.1. The molecule has 0 saturated carbocycles. The molecule has 6 N–H and O–H groups in total. The fourth-order valence-corrected chi connectivity index (χ4v) is 2.16. The first-order valence-corrected chi connectivity index (χ1v) is 6.95. The fraction of sp³-hybridized carbons (Fsp3) is 0.286. The van der Waals surface area contributed by atoms with Gasteiger partial charge < -0.3 is 21.9 Å². The van der Waals surface area contributed by atoms with E-state index < -0.39 is 0 Å². The maximum atomic E-state index is 9.49. The van der Waals surface area contributed by atoms with Gasteiger partial charge in [0.2, 0.25) is 5.95 Å².